The van der Waals surface area contributed by atoms with Crippen molar-refractivity contribution in [2.24, 2.45) is 0 Å². The standard InChI is InChI=1S/C15H23N3/c1-4-10-16-12(2)9-11-18-13(3)17-14-7-5-6-8-15(14)18/h5-8,12,16H,4,9-11H2,1-3H3. The zero-order valence-corrected chi connectivity index (χ0v) is 11.6. The van der Waals surface area contributed by atoms with Crippen LogP contribution >= 0.6 is 0 Å². The largest absolute Gasteiger partial charge is 0.328 e. The molecular weight excluding hydrogens is 222 g/mol. The van der Waals surface area contributed by atoms with Gasteiger partial charge in [-0.1, -0.05) is 19.1 Å². The fourth-order valence-electron chi connectivity index (χ4n) is 2.29. The highest BCUT2D eigenvalue weighted by Gasteiger charge is 2.07. The van der Waals surface area contributed by atoms with Gasteiger partial charge < -0.3 is 9.88 Å². The van der Waals surface area contributed by atoms with Gasteiger partial charge in [0.05, 0.1) is 11.0 Å². The molecule has 3 nitrogen and oxygen atoms in total. The molecule has 3 heteroatoms. The number of aryl methyl sites for hydroxylation is 2. The molecule has 18 heavy (non-hydrogen) atoms. The Kier molecular flexibility index (Phi) is 4.37. The summed E-state index contributed by atoms with van der Waals surface area (Å²) in [5.74, 6) is 1.11. The molecule has 0 aliphatic carbocycles. The van der Waals surface area contributed by atoms with Crippen LogP contribution in [0.2, 0.25) is 0 Å². The molecule has 98 valence electrons. The minimum absolute atomic E-state index is 0.561. The van der Waals surface area contributed by atoms with Crippen molar-refractivity contribution in [3.8, 4) is 0 Å². The van der Waals surface area contributed by atoms with Crippen LogP contribution in [0.15, 0.2) is 24.3 Å². The zero-order valence-electron chi connectivity index (χ0n) is 11.6. The highest BCUT2D eigenvalue weighted by atomic mass is 15.1. The van der Waals surface area contributed by atoms with E-state index in [1.54, 1.807) is 0 Å². The van der Waals surface area contributed by atoms with Gasteiger partial charge in [-0.2, -0.15) is 0 Å². The second-order valence-electron chi connectivity index (χ2n) is 4.94. The molecule has 0 spiro atoms. The monoisotopic (exact) mass is 245 g/mol. The summed E-state index contributed by atoms with van der Waals surface area (Å²) in [6.45, 7) is 8.68. The first kappa shape index (κ1) is 13.1. The number of imidazole rings is 1. The molecule has 2 rings (SSSR count). The van der Waals surface area contributed by atoms with Gasteiger partial charge in [0.2, 0.25) is 0 Å². The molecule has 0 bridgehead atoms. The summed E-state index contributed by atoms with van der Waals surface area (Å²) in [6.07, 6.45) is 2.33. The maximum absolute atomic E-state index is 4.60. The smallest absolute Gasteiger partial charge is 0.106 e. The van der Waals surface area contributed by atoms with Crippen LogP contribution in [-0.2, 0) is 6.54 Å². The molecule has 2 aromatic rings. The Labute approximate surface area is 109 Å². The predicted octanol–water partition coefficient (Wildman–Crippen LogP) is 3.12. The number of aromatic nitrogens is 2. The Morgan fingerprint density at radius 2 is 2.11 bits per heavy atom. The highest BCUT2D eigenvalue weighted by molar-refractivity contribution is 5.75. The second kappa shape index (κ2) is 6.01. The van der Waals surface area contributed by atoms with E-state index in [1.165, 1.54) is 11.9 Å². The van der Waals surface area contributed by atoms with Crippen molar-refractivity contribution in [2.45, 2.75) is 46.2 Å². The average molecular weight is 245 g/mol. The predicted molar refractivity (Wildman–Crippen MR) is 76.8 cm³/mol. The fraction of sp³-hybridized carbons (Fsp3) is 0.533. The number of hydrogen-bond acceptors (Lipinski definition) is 2. The third-order valence-electron chi connectivity index (χ3n) is 3.37. The molecule has 0 saturated heterocycles. The van der Waals surface area contributed by atoms with Crippen molar-refractivity contribution in [3.05, 3.63) is 30.1 Å². The van der Waals surface area contributed by atoms with Crippen LogP contribution in [0.4, 0.5) is 0 Å². The molecule has 0 amide bonds. The molecule has 1 aromatic heterocycles. The molecule has 0 aliphatic rings. The van der Waals surface area contributed by atoms with E-state index in [0.29, 0.717) is 6.04 Å². The minimum Gasteiger partial charge on any atom is -0.328 e. The third-order valence-corrected chi connectivity index (χ3v) is 3.37. The van der Waals surface area contributed by atoms with E-state index in [-0.39, 0.29) is 0 Å². The van der Waals surface area contributed by atoms with Gasteiger partial charge in [0, 0.05) is 12.6 Å². The summed E-state index contributed by atoms with van der Waals surface area (Å²) in [4.78, 5) is 4.60. The van der Waals surface area contributed by atoms with Crippen molar-refractivity contribution in [1.29, 1.82) is 0 Å². The van der Waals surface area contributed by atoms with E-state index in [9.17, 15) is 0 Å². The quantitative estimate of drug-likeness (QED) is 0.847. The van der Waals surface area contributed by atoms with Crippen molar-refractivity contribution in [1.82, 2.24) is 14.9 Å². The average Bonchev–Trinajstić information content (AvgIpc) is 2.69. The first-order valence-electron chi connectivity index (χ1n) is 6.87. The maximum Gasteiger partial charge on any atom is 0.106 e. The number of fused-ring (bicyclic) bond motifs is 1. The number of rotatable bonds is 6. The summed E-state index contributed by atoms with van der Waals surface area (Å²) >= 11 is 0. The number of para-hydroxylation sites is 2. The van der Waals surface area contributed by atoms with Gasteiger partial charge in [-0.25, -0.2) is 4.98 Å². The van der Waals surface area contributed by atoms with Crippen LogP contribution in [0.5, 0.6) is 0 Å². The molecule has 0 aliphatic heterocycles. The second-order valence-corrected chi connectivity index (χ2v) is 4.94. The molecule has 0 saturated carbocycles. The summed E-state index contributed by atoms with van der Waals surface area (Å²) in [5.41, 5.74) is 2.35. The Balaban J connectivity index is 2.05. The molecule has 0 radical (unpaired) electrons. The van der Waals surface area contributed by atoms with Gasteiger partial charge in [0.25, 0.3) is 0 Å². The fourth-order valence-corrected chi connectivity index (χ4v) is 2.29. The first-order valence-corrected chi connectivity index (χ1v) is 6.87. The van der Waals surface area contributed by atoms with Crippen LogP contribution in [0.25, 0.3) is 11.0 Å². The van der Waals surface area contributed by atoms with Gasteiger partial charge in [-0.3, -0.25) is 0 Å². The lowest BCUT2D eigenvalue weighted by Gasteiger charge is -2.14. The van der Waals surface area contributed by atoms with Crippen LogP contribution < -0.4 is 5.32 Å². The highest BCUT2D eigenvalue weighted by Crippen LogP contribution is 2.16. The van der Waals surface area contributed by atoms with Crippen molar-refractivity contribution < 1.29 is 0 Å². The van der Waals surface area contributed by atoms with Gasteiger partial charge in [-0.15, -0.1) is 0 Å². The van der Waals surface area contributed by atoms with Crippen molar-refractivity contribution in [2.75, 3.05) is 6.54 Å². The lowest BCUT2D eigenvalue weighted by Crippen LogP contribution is -2.27. The van der Waals surface area contributed by atoms with E-state index in [0.717, 1.165) is 30.9 Å². The van der Waals surface area contributed by atoms with Gasteiger partial charge in [0.1, 0.15) is 5.82 Å². The van der Waals surface area contributed by atoms with E-state index in [4.69, 9.17) is 0 Å². The minimum atomic E-state index is 0.561. The summed E-state index contributed by atoms with van der Waals surface area (Å²) in [6, 6.07) is 8.92. The Hall–Kier alpha value is -1.35. The first-order chi connectivity index (χ1) is 8.72. The summed E-state index contributed by atoms with van der Waals surface area (Å²) < 4.78 is 2.32. The Bertz CT molecular complexity index is 501. The SMILES string of the molecule is CCCNC(C)CCn1c(C)nc2ccccc21. The van der Waals surface area contributed by atoms with Gasteiger partial charge in [0.15, 0.2) is 0 Å². The van der Waals surface area contributed by atoms with Crippen molar-refractivity contribution in [3.63, 3.8) is 0 Å². The number of benzene rings is 1. The zero-order chi connectivity index (χ0) is 13.0. The number of hydrogen-bond donors (Lipinski definition) is 1. The Morgan fingerprint density at radius 3 is 2.89 bits per heavy atom. The van der Waals surface area contributed by atoms with E-state index in [2.05, 4.69) is 53.8 Å². The lowest BCUT2D eigenvalue weighted by atomic mass is 10.2. The molecule has 0 fully saturated rings. The molecule has 1 N–H and O–H groups in total. The van der Waals surface area contributed by atoms with E-state index < -0.39 is 0 Å². The van der Waals surface area contributed by atoms with Gasteiger partial charge >= 0.3 is 0 Å². The Morgan fingerprint density at radius 1 is 1.33 bits per heavy atom. The summed E-state index contributed by atoms with van der Waals surface area (Å²) in [7, 11) is 0. The molecule has 1 heterocycles. The molecule has 1 aromatic carbocycles. The third kappa shape index (κ3) is 2.91. The van der Waals surface area contributed by atoms with Crippen LogP contribution in [-0.4, -0.2) is 22.1 Å². The molecular formula is C15H23N3. The number of nitrogens with zero attached hydrogens (tertiary/aromatic N) is 2. The molecule has 1 unspecified atom stereocenters. The van der Waals surface area contributed by atoms with Gasteiger partial charge in [-0.05, 0) is 45.4 Å². The maximum atomic E-state index is 4.60. The number of nitrogens with one attached hydrogen (secondary N) is 1. The topological polar surface area (TPSA) is 29.9 Å². The van der Waals surface area contributed by atoms with Crippen molar-refractivity contribution >= 4 is 11.0 Å². The normalized spacial score (nSPS) is 13.1. The van der Waals surface area contributed by atoms with Crippen LogP contribution in [0.1, 0.15) is 32.5 Å². The van der Waals surface area contributed by atoms with E-state index in [1.807, 2.05) is 6.07 Å². The molecule has 1 atom stereocenters. The summed E-state index contributed by atoms with van der Waals surface area (Å²) in [5, 5.41) is 3.53. The lowest BCUT2D eigenvalue weighted by molar-refractivity contribution is 0.477. The van der Waals surface area contributed by atoms with E-state index >= 15 is 0 Å². The van der Waals surface area contributed by atoms with Crippen LogP contribution in [0.3, 0.4) is 0 Å². The van der Waals surface area contributed by atoms with Crippen LogP contribution in [0, 0.1) is 6.92 Å².